The van der Waals surface area contributed by atoms with Crippen molar-refractivity contribution < 1.29 is 64.6 Å². The zero-order chi connectivity index (χ0) is 69.4. The van der Waals surface area contributed by atoms with Gasteiger partial charge in [-0.3, -0.25) is 4.79 Å². The van der Waals surface area contributed by atoms with Gasteiger partial charge in [-0.1, -0.05) is 294 Å². The molecule has 0 radical (unpaired) electrons. The van der Waals surface area contributed by atoms with Crippen molar-refractivity contribution in [3.8, 4) is 0 Å². The molecule has 2 aliphatic rings. The van der Waals surface area contributed by atoms with E-state index in [-0.39, 0.29) is 18.9 Å². The Morgan fingerprint density at radius 3 is 1.15 bits per heavy atom. The standard InChI is InChI=1S/C82H135NO13/c1-3-5-7-9-11-13-15-17-19-21-23-25-27-29-30-31-32-33-34-35-36-37-38-39-40-42-44-46-48-50-52-54-56-58-60-62-64-66-74(87)83-70(69-93-81-79(92)77(90)80(73(68-85)95-81)96-82-78(91)76(89)75(88)72(67-84)94-82)71(86)65-63-61-59-57-55-53-51-49-47-45-43-41-28-26-24-22-20-18-16-14-12-10-8-6-4-2/h5,7,11,13,17,19,23,25,29-30,32-33,35-36,38-39,42,44,48,50,54-57,63,65,70-73,75-82,84-86,88-92H,3-4,6,8-10,12,14-16,18,20-22,24,26-28,31,34,37,40-41,43,45-47,49,51-53,58-62,64,66-69H2,1-2H3,(H,83,87)/b7-5-,13-11-,19-17-,25-23-,30-29-,33-32-,36-35-,39-38-,44-42-,50-48-,56-54-,57-55+,65-63+. The molecule has 9 N–H and O–H groups in total. The maximum absolute atomic E-state index is 13.3. The average molecular weight is 1340 g/mol. The Labute approximate surface area is 582 Å². The van der Waals surface area contributed by atoms with Crippen LogP contribution in [0.15, 0.2) is 158 Å². The molecule has 2 fully saturated rings. The van der Waals surface area contributed by atoms with Crippen molar-refractivity contribution in [3.63, 3.8) is 0 Å². The predicted octanol–water partition coefficient (Wildman–Crippen LogP) is 16.6. The molecule has 0 bridgehead atoms. The number of hydrogen-bond donors (Lipinski definition) is 9. The molecule has 0 aromatic heterocycles. The minimum absolute atomic E-state index is 0.223. The van der Waals surface area contributed by atoms with E-state index in [0.29, 0.717) is 12.8 Å². The molecule has 0 aromatic rings. The molecule has 2 heterocycles. The number of ether oxygens (including phenoxy) is 4. The van der Waals surface area contributed by atoms with Crippen molar-refractivity contribution in [2.45, 2.75) is 331 Å². The summed E-state index contributed by atoms with van der Waals surface area (Å²) in [7, 11) is 0. The molecule has 0 aliphatic carbocycles. The summed E-state index contributed by atoms with van der Waals surface area (Å²) in [4.78, 5) is 13.3. The third-order valence-electron chi connectivity index (χ3n) is 17.2. The van der Waals surface area contributed by atoms with Crippen molar-refractivity contribution in [2.75, 3.05) is 19.8 Å². The fourth-order valence-electron chi connectivity index (χ4n) is 11.3. The van der Waals surface area contributed by atoms with Crippen LogP contribution in [0.4, 0.5) is 0 Å². The van der Waals surface area contributed by atoms with Crippen molar-refractivity contribution in [3.05, 3.63) is 158 Å². The van der Waals surface area contributed by atoms with E-state index in [0.717, 1.165) is 103 Å². The SMILES string of the molecule is CC/C=C\C/C=C\C/C=C\C/C=C\C/C=C\C/C=C\C/C=C\C/C=C\C/C=C\C/C=C\C/C=C\CCCCCC(=O)NC(COC1OC(CO)C(OC2OC(CO)C(O)C(O)C2O)C(O)C1O)C(O)/C=C/CC/C=C/CCCCCCCCCCCCCCCCCCCCC. The van der Waals surface area contributed by atoms with E-state index >= 15 is 0 Å². The highest BCUT2D eigenvalue weighted by Crippen LogP contribution is 2.30. The van der Waals surface area contributed by atoms with Crippen LogP contribution >= 0.6 is 0 Å². The fourth-order valence-corrected chi connectivity index (χ4v) is 11.3. The lowest BCUT2D eigenvalue weighted by Gasteiger charge is -2.46. The van der Waals surface area contributed by atoms with Gasteiger partial charge in [0, 0.05) is 6.42 Å². The molecule has 96 heavy (non-hydrogen) atoms. The molecule has 2 rings (SSSR count). The zero-order valence-electron chi connectivity index (χ0n) is 59.5. The Kier molecular flexibility index (Phi) is 58.5. The number of aliphatic hydroxyl groups is 8. The van der Waals surface area contributed by atoms with E-state index < -0.39 is 86.8 Å². The molecule has 2 aliphatic heterocycles. The average Bonchev–Trinajstić information content (AvgIpc) is 0.857. The summed E-state index contributed by atoms with van der Waals surface area (Å²) in [5.74, 6) is -0.286. The monoisotopic (exact) mass is 1340 g/mol. The second-order valence-corrected chi connectivity index (χ2v) is 25.7. The van der Waals surface area contributed by atoms with E-state index in [2.05, 4.69) is 165 Å². The van der Waals surface area contributed by atoms with Gasteiger partial charge >= 0.3 is 0 Å². The van der Waals surface area contributed by atoms with Gasteiger partial charge < -0.3 is 65.1 Å². The van der Waals surface area contributed by atoms with Crippen LogP contribution in [0.25, 0.3) is 0 Å². The highest BCUT2D eigenvalue weighted by Gasteiger charge is 2.51. The van der Waals surface area contributed by atoms with Crippen molar-refractivity contribution >= 4 is 5.91 Å². The number of amides is 1. The lowest BCUT2D eigenvalue weighted by molar-refractivity contribution is -0.359. The molecule has 0 aromatic carbocycles. The predicted molar refractivity (Wildman–Crippen MR) is 396 cm³/mol. The first-order valence-corrected chi connectivity index (χ1v) is 37.7. The fraction of sp³-hybridized carbons (Fsp3) is 0.671. The van der Waals surface area contributed by atoms with Gasteiger partial charge in [0.2, 0.25) is 5.91 Å². The first-order chi connectivity index (χ1) is 47.1. The van der Waals surface area contributed by atoms with Crippen molar-refractivity contribution in [1.29, 1.82) is 0 Å². The highest BCUT2D eigenvalue weighted by atomic mass is 16.7. The van der Waals surface area contributed by atoms with Crippen LogP contribution in [0, 0.1) is 0 Å². The van der Waals surface area contributed by atoms with Crippen LogP contribution in [-0.4, -0.2) is 140 Å². The van der Waals surface area contributed by atoms with E-state index in [1.165, 1.54) is 122 Å². The summed E-state index contributed by atoms with van der Waals surface area (Å²) in [6.45, 7) is 2.65. The minimum Gasteiger partial charge on any atom is -0.394 e. The molecule has 14 nitrogen and oxygen atoms in total. The maximum Gasteiger partial charge on any atom is 0.220 e. The molecule has 14 heteroatoms. The lowest BCUT2D eigenvalue weighted by Crippen LogP contribution is -2.65. The Morgan fingerprint density at radius 2 is 0.729 bits per heavy atom. The molecule has 546 valence electrons. The first-order valence-electron chi connectivity index (χ1n) is 37.7. The molecule has 12 atom stereocenters. The van der Waals surface area contributed by atoms with Gasteiger partial charge in [-0.15, -0.1) is 0 Å². The van der Waals surface area contributed by atoms with E-state index in [9.17, 15) is 45.6 Å². The van der Waals surface area contributed by atoms with Crippen LogP contribution in [-0.2, 0) is 23.7 Å². The summed E-state index contributed by atoms with van der Waals surface area (Å²) in [5, 5.41) is 87.5. The molecular weight excluding hydrogens is 1210 g/mol. The van der Waals surface area contributed by atoms with E-state index in [1.807, 2.05) is 6.08 Å². The summed E-state index contributed by atoms with van der Waals surface area (Å²) in [6, 6.07) is -0.964. The van der Waals surface area contributed by atoms with Gasteiger partial charge in [0.25, 0.3) is 0 Å². The van der Waals surface area contributed by atoms with Crippen LogP contribution in [0.1, 0.15) is 258 Å². The molecular formula is C82H135NO13. The number of carbonyl (C=O) groups is 1. The van der Waals surface area contributed by atoms with Gasteiger partial charge in [-0.2, -0.15) is 0 Å². The van der Waals surface area contributed by atoms with Gasteiger partial charge in [0.15, 0.2) is 12.6 Å². The smallest absolute Gasteiger partial charge is 0.220 e. The first kappa shape index (κ1) is 87.7. The normalized spacial score (nSPS) is 23.2. The molecule has 1 amide bonds. The summed E-state index contributed by atoms with van der Waals surface area (Å²) in [5.41, 5.74) is 0. The number of allylic oxidation sites excluding steroid dienone is 25. The molecule has 12 unspecified atom stereocenters. The molecule has 0 spiro atoms. The Hall–Kier alpha value is -4.39. The molecule has 0 saturated carbocycles. The van der Waals surface area contributed by atoms with E-state index in [1.54, 1.807) is 6.08 Å². The van der Waals surface area contributed by atoms with Crippen LogP contribution < -0.4 is 5.32 Å². The Balaban J connectivity index is 1.70. The van der Waals surface area contributed by atoms with Crippen molar-refractivity contribution in [2.24, 2.45) is 0 Å². The number of hydrogen-bond acceptors (Lipinski definition) is 13. The van der Waals surface area contributed by atoms with Gasteiger partial charge in [0.1, 0.15) is 48.8 Å². The second-order valence-electron chi connectivity index (χ2n) is 25.7. The number of nitrogens with one attached hydrogen (secondary N) is 1. The number of unbranched alkanes of at least 4 members (excludes halogenated alkanes) is 23. The van der Waals surface area contributed by atoms with Crippen LogP contribution in [0.5, 0.6) is 0 Å². The second kappa shape index (κ2) is 64.0. The quantitative estimate of drug-likeness (QED) is 0.0204. The summed E-state index contributed by atoms with van der Waals surface area (Å²) >= 11 is 0. The van der Waals surface area contributed by atoms with Gasteiger partial charge in [0.05, 0.1) is 32.0 Å². The number of carbonyl (C=O) groups excluding carboxylic acids is 1. The third-order valence-corrected chi connectivity index (χ3v) is 17.2. The lowest BCUT2D eigenvalue weighted by atomic mass is 9.97. The zero-order valence-corrected chi connectivity index (χ0v) is 59.5. The van der Waals surface area contributed by atoms with Gasteiger partial charge in [-0.25, -0.2) is 0 Å². The largest absolute Gasteiger partial charge is 0.394 e. The Morgan fingerprint density at radius 1 is 0.385 bits per heavy atom. The number of rotatable bonds is 60. The maximum atomic E-state index is 13.3. The molecule has 2 saturated heterocycles. The highest BCUT2D eigenvalue weighted by molar-refractivity contribution is 5.76. The number of aliphatic hydroxyl groups excluding tert-OH is 8. The van der Waals surface area contributed by atoms with Crippen LogP contribution in [0.2, 0.25) is 0 Å². The van der Waals surface area contributed by atoms with E-state index in [4.69, 9.17) is 18.9 Å². The third kappa shape index (κ3) is 46.8. The Bertz CT molecular complexity index is 2220. The summed E-state index contributed by atoms with van der Waals surface area (Å²) < 4.78 is 22.8. The van der Waals surface area contributed by atoms with Crippen LogP contribution in [0.3, 0.4) is 0 Å². The summed E-state index contributed by atoms with van der Waals surface area (Å²) in [6.07, 6.45) is 81.6. The van der Waals surface area contributed by atoms with Gasteiger partial charge in [-0.05, 0) is 116 Å². The van der Waals surface area contributed by atoms with Crippen molar-refractivity contribution in [1.82, 2.24) is 5.32 Å². The minimum atomic E-state index is -1.80. The topological polar surface area (TPSA) is 228 Å².